The van der Waals surface area contributed by atoms with E-state index in [4.69, 9.17) is 28.9 Å². The number of nitrogens with one attached hydrogen (secondary N) is 1. The molecular formula is C22H24Cl2F2N2O2. The van der Waals surface area contributed by atoms with Crippen LogP contribution in [0.5, 0.6) is 0 Å². The van der Waals surface area contributed by atoms with Crippen molar-refractivity contribution >= 4 is 29.2 Å². The molecule has 30 heavy (non-hydrogen) atoms. The van der Waals surface area contributed by atoms with E-state index >= 15 is 8.78 Å². The number of hydrogen-bond acceptors (Lipinski definition) is 3. The lowest BCUT2D eigenvalue weighted by atomic mass is 9.68. The maximum atomic E-state index is 15.1. The first-order valence-electron chi connectivity index (χ1n) is 9.53. The second-order valence-electron chi connectivity index (χ2n) is 8.98. The predicted octanol–water partition coefficient (Wildman–Crippen LogP) is 5.07. The summed E-state index contributed by atoms with van der Waals surface area (Å²) >= 11 is 11.9. The van der Waals surface area contributed by atoms with E-state index in [1.54, 1.807) is 0 Å². The summed E-state index contributed by atoms with van der Waals surface area (Å²) < 4.78 is 30.1. The van der Waals surface area contributed by atoms with E-state index in [2.05, 4.69) is 5.32 Å². The summed E-state index contributed by atoms with van der Waals surface area (Å²) in [6.45, 7) is 5.91. The second kappa shape index (κ2) is 8.08. The molecule has 0 bridgehead atoms. The molecule has 162 valence electrons. The Morgan fingerprint density at radius 3 is 2.47 bits per heavy atom. The summed E-state index contributed by atoms with van der Waals surface area (Å²) in [7, 11) is 0. The van der Waals surface area contributed by atoms with Gasteiger partial charge in [-0.2, -0.15) is 0 Å². The lowest BCUT2D eigenvalue weighted by Gasteiger charge is -2.39. The Bertz CT molecular complexity index is 980. The first-order chi connectivity index (χ1) is 13.9. The van der Waals surface area contributed by atoms with Crippen molar-refractivity contribution in [2.45, 2.75) is 50.7 Å². The summed E-state index contributed by atoms with van der Waals surface area (Å²) in [6, 6.07) is 6.49. The number of halogens is 4. The highest BCUT2D eigenvalue weighted by atomic mass is 35.5. The van der Waals surface area contributed by atoms with Crippen molar-refractivity contribution in [1.82, 2.24) is 5.32 Å². The Hall–Kier alpha value is -1.73. The van der Waals surface area contributed by atoms with Crippen molar-refractivity contribution in [2.75, 3.05) is 0 Å². The third-order valence-corrected chi connectivity index (χ3v) is 6.13. The number of hydrogen-bond donors (Lipinski definition) is 3. The molecule has 1 fully saturated rings. The maximum Gasteiger partial charge on any atom is 0.321 e. The topological polar surface area (TPSA) is 75.3 Å². The van der Waals surface area contributed by atoms with Gasteiger partial charge in [-0.25, -0.2) is 8.78 Å². The molecule has 2 aromatic rings. The van der Waals surface area contributed by atoms with Gasteiger partial charge in [0.15, 0.2) is 0 Å². The summed E-state index contributed by atoms with van der Waals surface area (Å²) in [5, 5.41) is 13.0. The van der Waals surface area contributed by atoms with Crippen LogP contribution >= 0.6 is 23.2 Å². The fraction of sp³-hybridized carbons (Fsp3) is 0.409. The fourth-order valence-corrected chi connectivity index (χ4v) is 4.73. The first-order valence-corrected chi connectivity index (χ1v) is 10.3. The molecule has 0 unspecified atom stereocenters. The van der Waals surface area contributed by atoms with E-state index in [1.165, 1.54) is 30.3 Å². The predicted molar refractivity (Wildman–Crippen MR) is 114 cm³/mol. The molecule has 0 saturated carbocycles. The van der Waals surface area contributed by atoms with Crippen molar-refractivity contribution in [3.63, 3.8) is 0 Å². The highest BCUT2D eigenvalue weighted by Crippen LogP contribution is 2.49. The number of benzene rings is 2. The molecule has 4 atom stereocenters. The number of carbonyl (C=O) groups is 1. The number of carboxylic acids is 1. The summed E-state index contributed by atoms with van der Waals surface area (Å²) in [5.74, 6) is -3.77. The van der Waals surface area contributed by atoms with Crippen LogP contribution in [0, 0.1) is 17.0 Å². The smallest absolute Gasteiger partial charge is 0.321 e. The van der Waals surface area contributed by atoms with E-state index in [1.807, 2.05) is 20.8 Å². The Kier molecular flexibility index (Phi) is 6.18. The van der Waals surface area contributed by atoms with Gasteiger partial charge in [0.25, 0.3) is 0 Å². The number of carboxylic acid groups (broad SMARTS) is 1. The monoisotopic (exact) mass is 456 g/mol. The van der Waals surface area contributed by atoms with Gasteiger partial charge in [0.1, 0.15) is 17.7 Å². The van der Waals surface area contributed by atoms with Crippen molar-refractivity contribution < 1.29 is 18.7 Å². The number of aliphatic carboxylic acids is 1. The number of nitrogens with two attached hydrogens (primary N) is 1. The molecule has 0 spiro atoms. The van der Waals surface area contributed by atoms with Gasteiger partial charge in [-0.15, -0.1) is 0 Å². The summed E-state index contributed by atoms with van der Waals surface area (Å²) in [4.78, 5) is 12.2. The molecule has 1 heterocycles. The molecule has 0 radical (unpaired) electrons. The zero-order valence-corrected chi connectivity index (χ0v) is 18.4. The van der Waals surface area contributed by atoms with Crippen LogP contribution < -0.4 is 11.1 Å². The van der Waals surface area contributed by atoms with Crippen molar-refractivity contribution in [3.8, 4) is 0 Å². The SMILES string of the molecule is CC(C)(C)C[C@@H]1N[C@@H](C(=O)O)[C@H](c2cccc(Cl)c2F)[C@@]1(N)c1ccc(Cl)cc1F. The summed E-state index contributed by atoms with van der Waals surface area (Å²) in [6.07, 6.45) is 0.425. The molecular weight excluding hydrogens is 433 g/mol. The molecule has 8 heteroatoms. The first kappa shape index (κ1) is 22.9. The normalized spacial score (nSPS) is 26.7. The van der Waals surface area contributed by atoms with Crippen molar-refractivity contribution in [1.29, 1.82) is 0 Å². The molecule has 4 N–H and O–H groups in total. The quantitative estimate of drug-likeness (QED) is 0.599. The van der Waals surface area contributed by atoms with Gasteiger partial charge in [-0.3, -0.25) is 10.1 Å². The van der Waals surface area contributed by atoms with E-state index < -0.39 is 41.1 Å². The van der Waals surface area contributed by atoms with Crippen LogP contribution in [0.2, 0.25) is 10.0 Å². The zero-order valence-electron chi connectivity index (χ0n) is 16.8. The van der Waals surface area contributed by atoms with Crippen LogP contribution in [0.4, 0.5) is 8.78 Å². The van der Waals surface area contributed by atoms with Gasteiger partial charge >= 0.3 is 5.97 Å². The van der Waals surface area contributed by atoms with Crippen LogP contribution in [0.3, 0.4) is 0 Å². The minimum absolute atomic E-state index is 0.0238. The zero-order chi connectivity index (χ0) is 22.4. The van der Waals surface area contributed by atoms with Gasteiger partial charge in [0.05, 0.1) is 10.6 Å². The third-order valence-electron chi connectivity index (χ3n) is 5.60. The van der Waals surface area contributed by atoms with Crippen LogP contribution in [-0.4, -0.2) is 23.2 Å². The maximum absolute atomic E-state index is 15.1. The largest absolute Gasteiger partial charge is 0.480 e. The summed E-state index contributed by atoms with van der Waals surface area (Å²) in [5.41, 5.74) is 5.14. The minimum atomic E-state index is -1.57. The average Bonchev–Trinajstić information content (AvgIpc) is 2.89. The second-order valence-corrected chi connectivity index (χ2v) is 9.82. The van der Waals surface area contributed by atoms with Crippen LogP contribution in [0.25, 0.3) is 0 Å². The van der Waals surface area contributed by atoms with E-state index in [0.717, 1.165) is 6.07 Å². The van der Waals surface area contributed by atoms with Gasteiger partial charge in [-0.05, 0) is 35.6 Å². The van der Waals surface area contributed by atoms with Crippen LogP contribution in [-0.2, 0) is 10.3 Å². The van der Waals surface area contributed by atoms with Crippen LogP contribution in [0.15, 0.2) is 36.4 Å². The molecule has 0 aromatic heterocycles. The Morgan fingerprint density at radius 1 is 1.23 bits per heavy atom. The lowest BCUT2D eigenvalue weighted by molar-refractivity contribution is -0.139. The molecule has 3 rings (SSSR count). The standard InChI is InChI=1S/C22H24Cl2F2N2O2/c1-21(2,3)10-16-22(27,13-8-7-11(23)9-15(13)25)17(19(28-16)20(29)30)12-5-4-6-14(24)18(12)26/h4-9,16-17,19,28H,10,27H2,1-3H3,(H,29,30)/t16-,17-,19+,22+/m0/s1. The Morgan fingerprint density at radius 2 is 1.90 bits per heavy atom. The molecule has 0 amide bonds. The van der Waals surface area contributed by atoms with Crippen molar-refractivity contribution in [2.24, 2.45) is 11.1 Å². The third kappa shape index (κ3) is 4.06. The molecule has 1 aliphatic heterocycles. The molecule has 4 nitrogen and oxygen atoms in total. The van der Waals surface area contributed by atoms with E-state index in [-0.39, 0.29) is 26.6 Å². The van der Waals surface area contributed by atoms with Gasteiger partial charge < -0.3 is 10.8 Å². The fourth-order valence-electron chi connectivity index (χ4n) is 4.39. The Labute approximate surface area is 184 Å². The molecule has 2 aromatic carbocycles. The van der Waals surface area contributed by atoms with Gasteiger partial charge in [-0.1, -0.05) is 62.2 Å². The molecule has 1 saturated heterocycles. The van der Waals surface area contributed by atoms with E-state index in [0.29, 0.717) is 6.42 Å². The molecule has 0 aliphatic carbocycles. The van der Waals surface area contributed by atoms with E-state index in [9.17, 15) is 9.90 Å². The highest BCUT2D eigenvalue weighted by molar-refractivity contribution is 6.31. The van der Waals surface area contributed by atoms with Crippen molar-refractivity contribution in [3.05, 3.63) is 69.2 Å². The highest BCUT2D eigenvalue weighted by Gasteiger charge is 2.58. The van der Waals surface area contributed by atoms with Gasteiger partial charge in [0, 0.05) is 22.5 Å². The lowest BCUT2D eigenvalue weighted by Crippen LogP contribution is -2.52. The average molecular weight is 457 g/mol. The minimum Gasteiger partial charge on any atom is -0.480 e. The van der Waals surface area contributed by atoms with Gasteiger partial charge in [0.2, 0.25) is 0 Å². The van der Waals surface area contributed by atoms with Crippen LogP contribution in [0.1, 0.15) is 44.2 Å². The number of rotatable bonds is 4. The Balaban J connectivity index is 2.30. The molecule has 1 aliphatic rings.